The van der Waals surface area contributed by atoms with Crippen molar-refractivity contribution in [2.45, 2.75) is 25.8 Å². The number of pyridine rings is 1. The summed E-state index contributed by atoms with van der Waals surface area (Å²) in [5.41, 5.74) is 2.90. The Bertz CT molecular complexity index is 804. The molecule has 0 unspecified atom stereocenters. The normalized spacial score (nSPS) is 13.2. The van der Waals surface area contributed by atoms with Gasteiger partial charge in [0.2, 0.25) is 5.91 Å². The average Bonchev–Trinajstić information content (AvgIpc) is 2.65. The van der Waals surface area contributed by atoms with Gasteiger partial charge in [-0.1, -0.05) is 12.1 Å². The van der Waals surface area contributed by atoms with Crippen LogP contribution in [-0.4, -0.2) is 40.5 Å². The second-order valence-corrected chi connectivity index (χ2v) is 6.05. The zero-order valence-corrected chi connectivity index (χ0v) is 14.1. The molecule has 0 aliphatic carbocycles. The molecule has 1 aliphatic heterocycles. The lowest BCUT2D eigenvalue weighted by Gasteiger charge is -2.29. The van der Waals surface area contributed by atoms with Crippen molar-refractivity contribution in [1.29, 1.82) is 0 Å². The molecule has 0 bridgehead atoms. The minimum atomic E-state index is -0.970. The van der Waals surface area contributed by atoms with Crippen molar-refractivity contribution in [3.63, 3.8) is 0 Å². The summed E-state index contributed by atoms with van der Waals surface area (Å²) in [4.78, 5) is 29.5. The van der Waals surface area contributed by atoms with E-state index in [-0.39, 0.29) is 11.5 Å². The van der Waals surface area contributed by atoms with Crippen LogP contribution in [0, 0.1) is 0 Å². The molecule has 1 aliphatic rings. The predicted octanol–water partition coefficient (Wildman–Crippen LogP) is 2.31. The summed E-state index contributed by atoms with van der Waals surface area (Å²) in [7, 11) is 1.62. The van der Waals surface area contributed by atoms with Crippen molar-refractivity contribution in [1.82, 2.24) is 9.88 Å². The highest BCUT2D eigenvalue weighted by molar-refractivity contribution is 5.89. The minimum Gasteiger partial charge on any atom is -0.497 e. The van der Waals surface area contributed by atoms with E-state index < -0.39 is 5.97 Å². The zero-order valence-electron chi connectivity index (χ0n) is 14.1. The standard InChI is InChI=1S/C19H20N2O4/c1-25-15-4-2-3-13(9-15)5-6-18(22)21-8-7-16-14(12-21)10-20-11-17(16)19(23)24/h2-4,9-11H,5-8,12H2,1H3,(H,23,24). The quantitative estimate of drug-likeness (QED) is 0.903. The average molecular weight is 340 g/mol. The molecule has 0 radical (unpaired) electrons. The van der Waals surface area contributed by atoms with Crippen molar-refractivity contribution in [2.75, 3.05) is 13.7 Å². The number of rotatable bonds is 5. The van der Waals surface area contributed by atoms with E-state index >= 15 is 0 Å². The van der Waals surface area contributed by atoms with Crippen LogP contribution in [0.25, 0.3) is 0 Å². The lowest BCUT2D eigenvalue weighted by Crippen LogP contribution is -2.36. The number of aromatic carboxylic acids is 1. The number of aromatic nitrogens is 1. The summed E-state index contributed by atoms with van der Waals surface area (Å²) in [6.45, 7) is 0.953. The maximum Gasteiger partial charge on any atom is 0.337 e. The molecule has 6 nitrogen and oxygen atoms in total. The van der Waals surface area contributed by atoms with E-state index in [1.165, 1.54) is 6.20 Å². The Morgan fingerprint density at radius 2 is 2.16 bits per heavy atom. The first kappa shape index (κ1) is 17.0. The number of aryl methyl sites for hydroxylation is 1. The van der Waals surface area contributed by atoms with E-state index in [1.54, 1.807) is 18.2 Å². The third-order valence-electron chi connectivity index (χ3n) is 4.48. The Morgan fingerprint density at radius 1 is 1.32 bits per heavy atom. The third-order valence-corrected chi connectivity index (χ3v) is 4.48. The summed E-state index contributed by atoms with van der Waals surface area (Å²) < 4.78 is 5.20. The maximum atomic E-state index is 12.5. The smallest absolute Gasteiger partial charge is 0.337 e. The van der Waals surface area contributed by atoms with Gasteiger partial charge in [-0.2, -0.15) is 0 Å². The number of methoxy groups -OCH3 is 1. The monoisotopic (exact) mass is 340 g/mol. The summed E-state index contributed by atoms with van der Waals surface area (Å²) in [6, 6.07) is 7.70. The summed E-state index contributed by atoms with van der Waals surface area (Å²) in [5.74, 6) is -0.125. The van der Waals surface area contributed by atoms with Gasteiger partial charge in [-0.05, 0) is 41.7 Å². The topological polar surface area (TPSA) is 79.7 Å². The largest absolute Gasteiger partial charge is 0.497 e. The summed E-state index contributed by atoms with van der Waals surface area (Å²) in [5, 5.41) is 9.24. The van der Waals surface area contributed by atoms with Crippen LogP contribution >= 0.6 is 0 Å². The van der Waals surface area contributed by atoms with Gasteiger partial charge in [0, 0.05) is 31.9 Å². The van der Waals surface area contributed by atoms with Crippen LogP contribution in [0.2, 0.25) is 0 Å². The van der Waals surface area contributed by atoms with Gasteiger partial charge in [0.1, 0.15) is 5.75 Å². The van der Waals surface area contributed by atoms with Gasteiger partial charge in [0.05, 0.1) is 12.7 Å². The molecule has 3 rings (SSSR count). The number of benzene rings is 1. The van der Waals surface area contributed by atoms with Crippen LogP contribution in [0.1, 0.15) is 33.5 Å². The van der Waals surface area contributed by atoms with Gasteiger partial charge in [-0.25, -0.2) is 4.79 Å². The first-order chi connectivity index (χ1) is 12.1. The van der Waals surface area contributed by atoms with E-state index in [9.17, 15) is 14.7 Å². The van der Waals surface area contributed by atoms with Crippen LogP contribution in [-0.2, 0) is 24.2 Å². The molecule has 130 valence electrons. The van der Waals surface area contributed by atoms with E-state index in [0.29, 0.717) is 32.4 Å². The van der Waals surface area contributed by atoms with Crippen molar-refractivity contribution in [2.24, 2.45) is 0 Å². The first-order valence-corrected chi connectivity index (χ1v) is 8.18. The van der Waals surface area contributed by atoms with Gasteiger partial charge in [-0.3, -0.25) is 9.78 Å². The van der Waals surface area contributed by atoms with Crippen molar-refractivity contribution < 1.29 is 19.4 Å². The van der Waals surface area contributed by atoms with Crippen molar-refractivity contribution >= 4 is 11.9 Å². The molecule has 2 heterocycles. The number of carboxylic acid groups (broad SMARTS) is 1. The van der Waals surface area contributed by atoms with E-state index in [4.69, 9.17) is 4.74 Å². The molecule has 2 aromatic rings. The SMILES string of the molecule is COc1cccc(CCC(=O)N2CCc3c(cncc3C(=O)O)C2)c1. The number of hydrogen-bond donors (Lipinski definition) is 1. The van der Waals surface area contributed by atoms with Gasteiger partial charge in [-0.15, -0.1) is 0 Å². The first-order valence-electron chi connectivity index (χ1n) is 8.18. The molecule has 25 heavy (non-hydrogen) atoms. The number of carboxylic acids is 1. The molecule has 0 saturated heterocycles. The van der Waals surface area contributed by atoms with Gasteiger partial charge in [0.15, 0.2) is 0 Å². The number of fused-ring (bicyclic) bond motifs is 1. The highest BCUT2D eigenvalue weighted by atomic mass is 16.5. The van der Waals surface area contributed by atoms with E-state index in [2.05, 4.69) is 4.98 Å². The van der Waals surface area contributed by atoms with Gasteiger partial charge >= 0.3 is 5.97 Å². The van der Waals surface area contributed by atoms with Crippen molar-refractivity contribution in [3.8, 4) is 5.75 Å². The number of ether oxygens (including phenoxy) is 1. The Kier molecular flexibility index (Phi) is 4.97. The molecule has 1 aromatic heterocycles. The second kappa shape index (κ2) is 7.34. The highest BCUT2D eigenvalue weighted by Crippen LogP contribution is 2.22. The molecule has 1 amide bonds. The van der Waals surface area contributed by atoms with Crippen LogP contribution in [0.4, 0.5) is 0 Å². The fraction of sp³-hybridized carbons (Fsp3) is 0.316. The molecule has 0 atom stereocenters. The Balaban J connectivity index is 1.64. The molecular weight excluding hydrogens is 320 g/mol. The predicted molar refractivity (Wildman–Crippen MR) is 91.6 cm³/mol. The number of hydrogen-bond acceptors (Lipinski definition) is 4. The number of carbonyl (C=O) groups excluding carboxylic acids is 1. The summed E-state index contributed by atoms with van der Waals surface area (Å²) in [6.07, 6.45) is 4.64. The number of carbonyl (C=O) groups is 2. The van der Waals surface area contributed by atoms with E-state index in [0.717, 1.165) is 22.4 Å². The lowest BCUT2D eigenvalue weighted by molar-refractivity contribution is -0.132. The fourth-order valence-corrected chi connectivity index (χ4v) is 3.13. The number of nitrogens with zero attached hydrogens (tertiary/aromatic N) is 2. The van der Waals surface area contributed by atoms with Crippen LogP contribution < -0.4 is 4.74 Å². The third kappa shape index (κ3) is 3.79. The van der Waals surface area contributed by atoms with Gasteiger partial charge in [0.25, 0.3) is 0 Å². The van der Waals surface area contributed by atoms with Crippen molar-refractivity contribution in [3.05, 3.63) is 58.9 Å². The Labute approximate surface area is 146 Å². The van der Waals surface area contributed by atoms with E-state index in [1.807, 2.05) is 24.3 Å². The maximum absolute atomic E-state index is 12.5. The molecule has 1 N–H and O–H groups in total. The molecule has 6 heteroatoms. The molecular formula is C19H20N2O4. The van der Waals surface area contributed by atoms with Crippen LogP contribution in [0.5, 0.6) is 5.75 Å². The Hall–Kier alpha value is -2.89. The molecule has 0 spiro atoms. The molecule has 0 saturated carbocycles. The highest BCUT2D eigenvalue weighted by Gasteiger charge is 2.24. The Morgan fingerprint density at radius 3 is 2.92 bits per heavy atom. The fourth-order valence-electron chi connectivity index (χ4n) is 3.13. The number of amides is 1. The minimum absolute atomic E-state index is 0.0641. The van der Waals surface area contributed by atoms with Crippen LogP contribution in [0.15, 0.2) is 36.7 Å². The molecule has 0 fully saturated rings. The van der Waals surface area contributed by atoms with Crippen LogP contribution in [0.3, 0.4) is 0 Å². The lowest BCUT2D eigenvalue weighted by atomic mass is 9.96. The second-order valence-electron chi connectivity index (χ2n) is 6.05. The summed E-state index contributed by atoms with van der Waals surface area (Å²) >= 11 is 0. The molecule has 1 aromatic carbocycles. The van der Waals surface area contributed by atoms with Gasteiger partial charge < -0.3 is 14.7 Å². The zero-order chi connectivity index (χ0) is 17.8.